The van der Waals surface area contributed by atoms with Gasteiger partial charge in [-0.2, -0.15) is 0 Å². The van der Waals surface area contributed by atoms with Gasteiger partial charge in [0.15, 0.2) is 6.04 Å². The van der Waals surface area contributed by atoms with Gasteiger partial charge in [-0.05, 0) is 77.6 Å². The Morgan fingerprint density at radius 1 is 1.14 bits per heavy atom. The monoisotopic (exact) mass is 603 g/mol. The molecule has 0 aliphatic carbocycles. The Morgan fingerprint density at radius 3 is 2.59 bits per heavy atom. The average Bonchev–Trinajstić information content (AvgIpc) is 3.59. The van der Waals surface area contributed by atoms with Crippen LogP contribution in [0.25, 0.3) is 11.3 Å². The summed E-state index contributed by atoms with van der Waals surface area (Å²) in [6, 6.07) is 15.0. The van der Waals surface area contributed by atoms with Crippen LogP contribution < -0.4 is 10.6 Å². The normalized spacial score (nSPS) is 15.8. The summed E-state index contributed by atoms with van der Waals surface area (Å²) in [6.07, 6.45) is 1.94. The Labute approximate surface area is 257 Å². The third-order valence-corrected chi connectivity index (χ3v) is 7.03. The Morgan fingerprint density at radius 2 is 1.91 bits per heavy atom. The van der Waals surface area contributed by atoms with E-state index in [4.69, 9.17) is 19.3 Å². The van der Waals surface area contributed by atoms with Crippen LogP contribution >= 0.6 is 0 Å². The number of oxime groups is 1. The molecule has 2 amide bonds. The highest BCUT2D eigenvalue weighted by Gasteiger charge is 2.40. The van der Waals surface area contributed by atoms with Crippen molar-refractivity contribution in [1.82, 2.24) is 20.6 Å². The molecule has 3 aromatic rings. The molecule has 44 heavy (non-hydrogen) atoms. The molecule has 1 aliphatic rings. The lowest BCUT2D eigenvalue weighted by Crippen LogP contribution is -2.58. The first kappa shape index (κ1) is 32.2. The molecule has 1 aliphatic heterocycles. The van der Waals surface area contributed by atoms with E-state index in [1.54, 1.807) is 20.8 Å². The van der Waals surface area contributed by atoms with Gasteiger partial charge in [-0.3, -0.25) is 9.78 Å². The number of alkyl carbamates (subject to hydrolysis) is 1. The molecule has 0 radical (unpaired) electrons. The Balaban J connectivity index is 1.37. The number of H-pyrrole nitrogens is 1. The van der Waals surface area contributed by atoms with Gasteiger partial charge >= 0.3 is 12.1 Å². The second-order valence-electron chi connectivity index (χ2n) is 11.9. The van der Waals surface area contributed by atoms with E-state index in [-0.39, 0.29) is 12.7 Å². The number of pyridine rings is 1. The van der Waals surface area contributed by atoms with Crippen LogP contribution in [-0.2, 0) is 36.9 Å². The van der Waals surface area contributed by atoms with Gasteiger partial charge in [-0.1, -0.05) is 41.6 Å². The van der Waals surface area contributed by atoms with E-state index in [0.29, 0.717) is 25.0 Å². The molecule has 3 N–H and O–H groups in total. The van der Waals surface area contributed by atoms with Crippen molar-refractivity contribution < 1.29 is 28.7 Å². The molecular weight excluding hydrogens is 562 g/mol. The minimum Gasteiger partial charge on any atom is -0.458 e. The van der Waals surface area contributed by atoms with Crippen molar-refractivity contribution >= 4 is 24.2 Å². The van der Waals surface area contributed by atoms with E-state index in [1.165, 1.54) is 0 Å². The summed E-state index contributed by atoms with van der Waals surface area (Å²) in [5.74, 6) is -0.738. The predicted octanol–water partition coefficient (Wildman–Crippen LogP) is 4.91. The van der Waals surface area contributed by atoms with E-state index in [1.807, 2.05) is 62.4 Å². The van der Waals surface area contributed by atoms with E-state index < -0.39 is 29.7 Å². The van der Waals surface area contributed by atoms with Gasteiger partial charge in [-0.25, -0.2) is 9.59 Å². The fourth-order valence-electron chi connectivity index (χ4n) is 5.05. The van der Waals surface area contributed by atoms with E-state index in [0.717, 1.165) is 46.7 Å². The van der Waals surface area contributed by atoms with Gasteiger partial charge in [0.2, 0.25) is 6.41 Å². The molecule has 0 spiro atoms. The van der Waals surface area contributed by atoms with Crippen LogP contribution in [-0.4, -0.2) is 57.9 Å². The lowest BCUT2D eigenvalue weighted by molar-refractivity contribution is -0.157. The first-order valence-corrected chi connectivity index (χ1v) is 14.8. The number of benzene rings is 1. The zero-order chi connectivity index (χ0) is 31.7. The summed E-state index contributed by atoms with van der Waals surface area (Å²) in [5.41, 5.74) is 5.53. The molecule has 234 valence electrons. The van der Waals surface area contributed by atoms with Gasteiger partial charge in [0.25, 0.3) is 0 Å². The first-order chi connectivity index (χ1) is 21.0. The highest BCUT2D eigenvalue weighted by molar-refractivity contribution is 5.98. The average molecular weight is 604 g/mol. The minimum absolute atomic E-state index is 0.00776. The summed E-state index contributed by atoms with van der Waals surface area (Å²) >= 11 is 0. The van der Waals surface area contributed by atoms with Crippen molar-refractivity contribution in [2.45, 2.75) is 90.7 Å². The fourth-order valence-corrected chi connectivity index (χ4v) is 5.05. The molecule has 11 heteroatoms. The van der Waals surface area contributed by atoms with Crippen LogP contribution in [0.2, 0.25) is 0 Å². The highest BCUT2D eigenvalue weighted by atomic mass is 16.6. The number of carbonyl (C=O) groups excluding carboxylic acids is 3. The van der Waals surface area contributed by atoms with Crippen molar-refractivity contribution in [3.8, 4) is 11.3 Å². The number of ether oxygens (including phenoxy) is 2. The smallest absolute Gasteiger partial charge is 0.408 e. The number of carbonyl (C=O) groups is 3. The Kier molecular flexibility index (Phi) is 10.8. The van der Waals surface area contributed by atoms with Crippen LogP contribution in [0.15, 0.2) is 59.8 Å². The maximum Gasteiger partial charge on any atom is 0.408 e. The number of esters is 1. The maximum absolute atomic E-state index is 13.3. The third-order valence-electron chi connectivity index (χ3n) is 7.03. The molecule has 2 aromatic heterocycles. The summed E-state index contributed by atoms with van der Waals surface area (Å²) in [7, 11) is 0. The number of nitrogens with zero attached hydrogens (tertiary/aromatic N) is 2. The number of aromatic amines is 1. The fraction of sp³-hybridized carbons (Fsp3) is 0.424. The highest BCUT2D eigenvalue weighted by Crippen LogP contribution is 2.24. The number of hydrogen-bond acceptors (Lipinski definition) is 8. The van der Waals surface area contributed by atoms with Crippen LogP contribution in [0.1, 0.15) is 62.7 Å². The second kappa shape index (κ2) is 14.7. The Hall–Kier alpha value is -4.67. The number of aromatic nitrogens is 2. The molecule has 0 bridgehead atoms. The molecule has 2 unspecified atom stereocenters. The summed E-state index contributed by atoms with van der Waals surface area (Å²) in [4.78, 5) is 51.5. The number of aryl methyl sites for hydroxylation is 3. The first-order valence-electron chi connectivity index (χ1n) is 14.8. The van der Waals surface area contributed by atoms with Gasteiger partial charge in [0.1, 0.15) is 24.4 Å². The van der Waals surface area contributed by atoms with E-state index >= 15 is 0 Å². The number of hydrogen-bond donors (Lipinski definition) is 3. The quantitative estimate of drug-likeness (QED) is 0.186. The van der Waals surface area contributed by atoms with E-state index in [2.05, 4.69) is 26.8 Å². The minimum atomic E-state index is -1.30. The van der Waals surface area contributed by atoms with Gasteiger partial charge in [0, 0.05) is 29.1 Å². The van der Waals surface area contributed by atoms with Crippen molar-refractivity contribution in [2.24, 2.45) is 5.16 Å². The van der Waals surface area contributed by atoms with E-state index in [9.17, 15) is 14.4 Å². The molecule has 0 saturated carbocycles. The van der Waals surface area contributed by atoms with Crippen molar-refractivity contribution in [3.63, 3.8) is 0 Å². The van der Waals surface area contributed by atoms with Gasteiger partial charge in [-0.15, -0.1) is 0 Å². The zero-order valence-electron chi connectivity index (χ0n) is 25.9. The molecule has 1 aromatic carbocycles. The molecule has 11 nitrogen and oxygen atoms in total. The summed E-state index contributed by atoms with van der Waals surface area (Å²) in [5, 5.41) is 9.40. The van der Waals surface area contributed by atoms with Crippen molar-refractivity contribution in [2.75, 3.05) is 0 Å². The number of amides is 2. The third kappa shape index (κ3) is 9.16. The SMILES string of the molecule is Cc1cc(-c2cccc(CCCC3CC(C(NC=O)[C@H](NC(=O)OCc4ccccc4)C(=O)OC(C)(C)C)=NO3)n2)c(C)[nH]1. The van der Waals surface area contributed by atoms with Crippen LogP contribution in [0.5, 0.6) is 0 Å². The zero-order valence-corrected chi connectivity index (χ0v) is 25.9. The van der Waals surface area contributed by atoms with Crippen LogP contribution in [0, 0.1) is 13.8 Å². The molecule has 0 saturated heterocycles. The van der Waals surface area contributed by atoms with Gasteiger partial charge < -0.3 is 29.9 Å². The molecule has 0 fully saturated rings. The lowest BCUT2D eigenvalue weighted by atomic mass is 9.96. The Bertz CT molecular complexity index is 1460. The predicted molar refractivity (Wildman–Crippen MR) is 166 cm³/mol. The largest absolute Gasteiger partial charge is 0.458 e. The standard InChI is InChI=1S/C33H41N5O6/c1-21-17-26(22(2)35-21)27-16-10-14-24(36-27)13-9-15-25-18-28(38-44-25)29(34-20-39)30(31(40)43-33(3,4)5)37-32(41)42-19-23-11-7-6-8-12-23/h6-8,10-12,14,16-17,20,25,29-30,35H,9,13,15,18-19H2,1-5H3,(H,34,39)(H,37,41)/t25?,29?,30-/m0/s1. The summed E-state index contributed by atoms with van der Waals surface area (Å²) < 4.78 is 10.9. The molecule has 3 atom stereocenters. The number of nitrogens with one attached hydrogen (secondary N) is 3. The maximum atomic E-state index is 13.3. The van der Waals surface area contributed by atoms with Crippen LogP contribution in [0.4, 0.5) is 4.79 Å². The molecular formula is C33H41N5O6. The van der Waals surface area contributed by atoms with Crippen molar-refractivity contribution in [1.29, 1.82) is 0 Å². The number of rotatable bonds is 13. The topological polar surface area (TPSA) is 144 Å². The van der Waals surface area contributed by atoms with Crippen LogP contribution in [0.3, 0.4) is 0 Å². The summed E-state index contributed by atoms with van der Waals surface area (Å²) in [6.45, 7) is 9.22. The molecule has 3 heterocycles. The van der Waals surface area contributed by atoms with Crippen molar-refractivity contribution in [3.05, 3.63) is 77.2 Å². The lowest BCUT2D eigenvalue weighted by Gasteiger charge is -2.29. The second-order valence-corrected chi connectivity index (χ2v) is 11.9. The molecule has 4 rings (SSSR count). The van der Waals surface area contributed by atoms with Gasteiger partial charge in [0.05, 0.1) is 11.4 Å².